The molecule has 0 N–H and O–H groups in total. The van der Waals surface area contributed by atoms with E-state index in [9.17, 15) is 0 Å². The number of alkyl halides is 1. The molecule has 1 rings (SSSR count). The molecule has 0 saturated carbocycles. The lowest BCUT2D eigenvalue weighted by Crippen LogP contribution is -2.23. The molecule has 7 heavy (non-hydrogen) atoms. The van der Waals surface area contributed by atoms with Crippen LogP contribution in [0.1, 0.15) is 6.42 Å². The Balaban J connectivity index is 2.33. The Labute approximate surface area is 52.0 Å². The zero-order valence-corrected chi connectivity index (χ0v) is 5.85. The summed E-state index contributed by atoms with van der Waals surface area (Å²) in [6.45, 7) is 0.979. The van der Waals surface area contributed by atoms with E-state index in [0.29, 0.717) is 4.95 Å². The molecule has 41 valence electrons. The molecule has 1 heterocycles. The van der Waals surface area contributed by atoms with Crippen molar-refractivity contribution in [3.63, 3.8) is 0 Å². The SMILES string of the molecule is CN1[N]CCC1Br. The lowest BCUT2D eigenvalue weighted by atomic mass is 10.5. The van der Waals surface area contributed by atoms with Crippen LogP contribution < -0.4 is 5.43 Å². The van der Waals surface area contributed by atoms with E-state index in [-0.39, 0.29) is 0 Å². The zero-order valence-electron chi connectivity index (χ0n) is 4.26. The van der Waals surface area contributed by atoms with Crippen LogP contribution in [-0.2, 0) is 0 Å². The van der Waals surface area contributed by atoms with E-state index >= 15 is 0 Å². The van der Waals surface area contributed by atoms with Crippen molar-refractivity contribution >= 4 is 15.9 Å². The van der Waals surface area contributed by atoms with Crippen LogP contribution in [0.15, 0.2) is 0 Å². The summed E-state index contributed by atoms with van der Waals surface area (Å²) in [6, 6.07) is 0. The molecule has 0 bridgehead atoms. The number of hydrogen-bond donors (Lipinski definition) is 0. The molecule has 1 fully saturated rings. The second-order valence-corrected chi connectivity index (χ2v) is 2.72. The first-order chi connectivity index (χ1) is 3.30. The monoisotopic (exact) mass is 163 g/mol. The fraction of sp³-hybridized carbons (Fsp3) is 1.00. The molecule has 0 aromatic heterocycles. The molecule has 0 aromatic carbocycles. The predicted octanol–water partition coefficient (Wildman–Crippen LogP) is 0.562. The molecule has 1 saturated heterocycles. The Morgan fingerprint density at radius 1 is 1.86 bits per heavy atom. The van der Waals surface area contributed by atoms with Crippen LogP contribution in [0, 0.1) is 0 Å². The highest BCUT2D eigenvalue weighted by atomic mass is 79.9. The first kappa shape index (κ1) is 5.54. The van der Waals surface area contributed by atoms with E-state index in [1.54, 1.807) is 0 Å². The number of rotatable bonds is 0. The molecular weight excluding hydrogens is 156 g/mol. The second-order valence-electron chi connectivity index (χ2n) is 1.66. The lowest BCUT2D eigenvalue weighted by Gasteiger charge is -2.08. The van der Waals surface area contributed by atoms with E-state index in [2.05, 4.69) is 21.4 Å². The average molecular weight is 164 g/mol. The highest BCUT2D eigenvalue weighted by molar-refractivity contribution is 9.09. The van der Waals surface area contributed by atoms with E-state index in [1.165, 1.54) is 0 Å². The fourth-order valence-corrected chi connectivity index (χ4v) is 0.932. The lowest BCUT2D eigenvalue weighted by molar-refractivity contribution is 0.291. The normalized spacial score (nSPS) is 34.3. The van der Waals surface area contributed by atoms with Crippen molar-refractivity contribution in [2.24, 2.45) is 0 Å². The molecule has 0 aromatic rings. The summed E-state index contributed by atoms with van der Waals surface area (Å²) >= 11 is 3.44. The molecular formula is C4H8BrN2. The Hall–Kier alpha value is 0.400. The van der Waals surface area contributed by atoms with Crippen molar-refractivity contribution in [2.45, 2.75) is 11.4 Å². The summed E-state index contributed by atoms with van der Waals surface area (Å²) in [4.78, 5) is 0.493. The molecule has 1 aliphatic heterocycles. The van der Waals surface area contributed by atoms with E-state index in [4.69, 9.17) is 0 Å². The maximum absolute atomic E-state index is 4.10. The second kappa shape index (κ2) is 2.11. The summed E-state index contributed by atoms with van der Waals surface area (Å²) in [5.41, 5.74) is 4.10. The van der Waals surface area contributed by atoms with Gasteiger partial charge in [-0.3, -0.25) is 0 Å². The highest BCUT2D eigenvalue weighted by Crippen LogP contribution is 2.12. The summed E-state index contributed by atoms with van der Waals surface area (Å²) < 4.78 is 0. The third-order valence-corrected chi connectivity index (χ3v) is 2.15. The van der Waals surface area contributed by atoms with Crippen molar-refractivity contribution < 1.29 is 0 Å². The maximum Gasteiger partial charge on any atom is 0.0819 e. The van der Waals surface area contributed by atoms with Crippen molar-refractivity contribution in [3.05, 3.63) is 0 Å². The molecule has 1 aliphatic rings. The van der Waals surface area contributed by atoms with Crippen molar-refractivity contribution in [2.75, 3.05) is 13.6 Å². The summed E-state index contributed by atoms with van der Waals surface area (Å²) in [6.07, 6.45) is 1.15. The van der Waals surface area contributed by atoms with Gasteiger partial charge in [-0.2, -0.15) is 5.43 Å². The van der Waals surface area contributed by atoms with Crippen LogP contribution in [0.4, 0.5) is 0 Å². The quantitative estimate of drug-likeness (QED) is 0.377. The highest BCUT2D eigenvalue weighted by Gasteiger charge is 2.17. The third-order valence-electron chi connectivity index (χ3n) is 1.10. The molecule has 0 amide bonds. The predicted molar refractivity (Wildman–Crippen MR) is 32.1 cm³/mol. The average Bonchev–Trinajstić information content (AvgIpc) is 1.91. The van der Waals surface area contributed by atoms with Gasteiger partial charge in [0.1, 0.15) is 0 Å². The molecule has 1 atom stereocenters. The van der Waals surface area contributed by atoms with Crippen molar-refractivity contribution in [3.8, 4) is 0 Å². The number of nitrogens with zero attached hydrogens (tertiary/aromatic N) is 2. The molecule has 2 nitrogen and oxygen atoms in total. The number of hydrogen-bond acceptors (Lipinski definition) is 1. The van der Waals surface area contributed by atoms with Crippen LogP contribution in [0.5, 0.6) is 0 Å². The van der Waals surface area contributed by atoms with Gasteiger partial charge in [0.15, 0.2) is 0 Å². The standard InChI is InChI=1S/C4H8BrN2/c1-7-4(5)2-3-6-7/h4H,2-3H2,1H3. The van der Waals surface area contributed by atoms with Gasteiger partial charge in [-0.15, -0.1) is 0 Å². The number of halogens is 1. The Morgan fingerprint density at radius 3 is 2.71 bits per heavy atom. The smallest absolute Gasteiger partial charge is 0.0819 e. The summed E-state index contributed by atoms with van der Waals surface area (Å²) in [7, 11) is 1.98. The minimum Gasteiger partial charge on any atom is -0.216 e. The van der Waals surface area contributed by atoms with Crippen LogP contribution >= 0.6 is 15.9 Å². The molecule has 0 aliphatic carbocycles. The van der Waals surface area contributed by atoms with Crippen LogP contribution in [0.25, 0.3) is 0 Å². The molecule has 3 heteroatoms. The van der Waals surface area contributed by atoms with Gasteiger partial charge in [-0.1, -0.05) is 15.9 Å². The fourth-order valence-electron chi connectivity index (χ4n) is 0.597. The van der Waals surface area contributed by atoms with Crippen LogP contribution in [-0.4, -0.2) is 23.6 Å². The topological polar surface area (TPSA) is 17.3 Å². The van der Waals surface area contributed by atoms with Gasteiger partial charge in [0, 0.05) is 13.6 Å². The van der Waals surface area contributed by atoms with Gasteiger partial charge in [-0.25, -0.2) is 5.01 Å². The van der Waals surface area contributed by atoms with Gasteiger partial charge in [0.25, 0.3) is 0 Å². The summed E-state index contributed by atoms with van der Waals surface area (Å²) in [5.74, 6) is 0. The third kappa shape index (κ3) is 1.15. The largest absolute Gasteiger partial charge is 0.216 e. The van der Waals surface area contributed by atoms with E-state index in [0.717, 1.165) is 13.0 Å². The van der Waals surface area contributed by atoms with Gasteiger partial charge < -0.3 is 0 Å². The van der Waals surface area contributed by atoms with Crippen molar-refractivity contribution in [1.29, 1.82) is 0 Å². The van der Waals surface area contributed by atoms with Gasteiger partial charge in [0.2, 0.25) is 0 Å². The minimum atomic E-state index is 0.493. The van der Waals surface area contributed by atoms with Gasteiger partial charge >= 0.3 is 0 Å². The minimum absolute atomic E-state index is 0.493. The molecule has 0 spiro atoms. The first-order valence-electron chi connectivity index (χ1n) is 2.35. The summed E-state index contributed by atoms with van der Waals surface area (Å²) in [5, 5.41) is 1.94. The Kier molecular flexibility index (Phi) is 1.67. The van der Waals surface area contributed by atoms with Crippen LogP contribution in [0.2, 0.25) is 0 Å². The molecule has 1 radical (unpaired) electrons. The van der Waals surface area contributed by atoms with Crippen LogP contribution in [0.3, 0.4) is 0 Å². The van der Waals surface area contributed by atoms with Gasteiger partial charge in [-0.05, 0) is 6.42 Å². The molecule has 1 unspecified atom stereocenters. The Morgan fingerprint density at radius 2 is 2.57 bits per heavy atom. The maximum atomic E-state index is 4.10. The Bertz CT molecular complexity index is 58.7. The van der Waals surface area contributed by atoms with Gasteiger partial charge in [0.05, 0.1) is 4.95 Å². The van der Waals surface area contributed by atoms with Crippen molar-refractivity contribution in [1.82, 2.24) is 10.4 Å². The zero-order chi connectivity index (χ0) is 5.28. The first-order valence-corrected chi connectivity index (χ1v) is 3.26. The van der Waals surface area contributed by atoms with E-state index in [1.807, 2.05) is 12.1 Å². The van der Waals surface area contributed by atoms with E-state index < -0.39 is 0 Å².